The van der Waals surface area contributed by atoms with E-state index < -0.39 is 17.9 Å². The van der Waals surface area contributed by atoms with Crippen molar-refractivity contribution in [1.82, 2.24) is 10.6 Å². The van der Waals surface area contributed by atoms with Gasteiger partial charge in [0.05, 0.1) is 6.54 Å². The van der Waals surface area contributed by atoms with Gasteiger partial charge in [0.2, 0.25) is 5.91 Å². The zero-order valence-electron chi connectivity index (χ0n) is 23.4. The summed E-state index contributed by atoms with van der Waals surface area (Å²) in [4.78, 5) is 39.6. The fourth-order valence-electron chi connectivity index (χ4n) is 5.04. The average Bonchev–Trinajstić information content (AvgIpc) is 3.75. The molecule has 0 bridgehead atoms. The SMILES string of the molecule is CC(C)C[C@@H](NC(=O)[C@H](CC(=O)CNC1C[C@@H]1c1ccccc1)Cc1ccccc1)C(=O)OCc1ccccc1. The summed E-state index contributed by atoms with van der Waals surface area (Å²) in [5, 5.41) is 6.30. The summed E-state index contributed by atoms with van der Waals surface area (Å²) < 4.78 is 5.56. The van der Waals surface area contributed by atoms with Crippen LogP contribution in [0.5, 0.6) is 0 Å². The molecule has 1 saturated carbocycles. The molecule has 0 aliphatic heterocycles. The maximum absolute atomic E-state index is 13.5. The van der Waals surface area contributed by atoms with Gasteiger partial charge in [0.1, 0.15) is 18.4 Å². The third kappa shape index (κ3) is 9.16. The first-order valence-corrected chi connectivity index (χ1v) is 14.2. The molecular weight excluding hydrogens is 500 g/mol. The predicted octanol–water partition coefficient (Wildman–Crippen LogP) is 5.22. The number of rotatable bonds is 15. The number of ether oxygens (including phenoxy) is 1. The van der Waals surface area contributed by atoms with Crippen molar-refractivity contribution in [3.05, 3.63) is 108 Å². The summed E-state index contributed by atoms with van der Waals surface area (Å²) in [6, 6.07) is 29.0. The number of Topliss-reactive ketones (excluding diaryl/α,β-unsaturated/α-hetero) is 1. The quantitative estimate of drug-likeness (QED) is 0.258. The molecule has 0 radical (unpaired) electrons. The lowest BCUT2D eigenvalue weighted by atomic mass is 9.92. The van der Waals surface area contributed by atoms with Crippen LogP contribution in [-0.4, -0.2) is 36.3 Å². The maximum Gasteiger partial charge on any atom is 0.328 e. The van der Waals surface area contributed by atoms with Gasteiger partial charge >= 0.3 is 5.97 Å². The van der Waals surface area contributed by atoms with Crippen LogP contribution in [0, 0.1) is 11.8 Å². The average molecular weight is 541 g/mol. The van der Waals surface area contributed by atoms with Gasteiger partial charge < -0.3 is 15.4 Å². The molecule has 40 heavy (non-hydrogen) atoms. The van der Waals surface area contributed by atoms with Crippen molar-refractivity contribution >= 4 is 17.7 Å². The van der Waals surface area contributed by atoms with Crippen LogP contribution in [0.4, 0.5) is 0 Å². The van der Waals surface area contributed by atoms with E-state index in [-0.39, 0.29) is 43.2 Å². The minimum atomic E-state index is -0.777. The zero-order chi connectivity index (χ0) is 28.3. The van der Waals surface area contributed by atoms with Crippen molar-refractivity contribution in [1.29, 1.82) is 0 Å². The van der Waals surface area contributed by atoms with E-state index in [1.54, 1.807) is 0 Å². The molecule has 2 N–H and O–H groups in total. The lowest BCUT2D eigenvalue weighted by Gasteiger charge is -2.23. The lowest BCUT2D eigenvalue weighted by Crippen LogP contribution is -2.46. The Balaban J connectivity index is 1.36. The van der Waals surface area contributed by atoms with Crippen LogP contribution in [0.1, 0.15) is 55.7 Å². The highest BCUT2D eigenvalue weighted by Gasteiger charge is 2.38. The Labute approximate surface area is 237 Å². The third-order valence-corrected chi connectivity index (χ3v) is 7.28. The van der Waals surface area contributed by atoms with E-state index in [0.717, 1.165) is 17.5 Å². The summed E-state index contributed by atoms with van der Waals surface area (Å²) in [5.41, 5.74) is 3.14. The van der Waals surface area contributed by atoms with Crippen LogP contribution in [0.3, 0.4) is 0 Å². The Morgan fingerprint density at radius 2 is 1.45 bits per heavy atom. The van der Waals surface area contributed by atoms with Crippen molar-refractivity contribution in [3.8, 4) is 0 Å². The first kappa shape index (κ1) is 29.2. The molecule has 1 aliphatic rings. The molecule has 4 atom stereocenters. The molecule has 0 heterocycles. The Kier molecular flexibility index (Phi) is 10.6. The topological polar surface area (TPSA) is 84.5 Å². The second-order valence-corrected chi connectivity index (χ2v) is 11.2. The smallest absolute Gasteiger partial charge is 0.328 e. The number of nitrogens with one attached hydrogen (secondary N) is 2. The number of ketones is 1. The minimum Gasteiger partial charge on any atom is -0.459 e. The van der Waals surface area contributed by atoms with Crippen molar-refractivity contribution in [2.45, 2.75) is 64.1 Å². The molecule has 0 spiro atoms. The number of carbonyl (C=O) groups is 3. The summed E-state index contributed by atoms with van der Waals surface area (Å²) >= 11 is 0. The van der Waals surface area contributed by atoms with Gasteiger partial charge in [-0.25, -0.2) is 4.79 Å². The molecule has 0 aromatic heterocycles. The molecular formula is C34H40N2O4. The summed E-state index contributed by atoms with van der Waals surface area (Å²) in [5.74, 6) is -0.759. The van der Waals surface area contributed by atoms with Gasteiger partial charge in [0.25, 0.3) is 0 Å². The van der Waals surface area contributed by atoms with Crippen LogP contribution >= 0.6 is 0 Å². The van der Waals surface area contributed by atoms with Gasteiger partial charge in [-0.3, -0.25) is 9.59 Å². The molecule has 1 amide bonds. The molecule has 1 aliphatic carbocycles. The number of carbonyl (C=O) groups excluding carboxylic acids is 3. The highest BCUT2D eigenvalue weighted by Crippen LogP contribution is 2.40. The van der Waals surface area contributed by atoms with E-state index in [9.17, 15) is 14.4 Å². The molecule has 6 nitrogen and oxygen atoms in total. The van der Waals surface area contributed by atoms with Crippen molar-refractivity contribution in [3.63, 3.8) is 0 Å². The first-order chi connectivity index (χ1) is 19.4. The second-order valence-electron chi connectivity index (χ2n) is 11.2. The van der Waals surface area contributed by atoms with Gasteiger partial charge in [0, 0.05) is 24.3 Å². The fourth-order valence-corrected chi connectivity index (χ4v) is 5.04. The van der Waals surface area contributed by atoms with E-state index >= 15 is 0 Å². The van der Waals surface area contributed by atoms with E-state index in [1.165, 1.54) is 5.56 Å². The largest absolute Gasteiger partial charge is 0.459 e. The molecule has 3 aromatic carbocycles. The third-order valence-electron chi connectivity index (χ3n) is 7.28. The molecule has 6 heteroatoms. The number of hydrogen-bond donors (Lipinski definition) is 2. The minimum absolute atomic E-state index is 0.0122. The molecule has 1 unspecified atom stereocenters. The van der Waals surface area contributed by atoms with Crippen molar-refractivity contribution in [2.24, 2.45) is 11.8 Å². The first-order valence-electron chi connectivity index (χ1n) is 14.2. The van der Waals surface area contributed by atoms with Crippen LogP contribution in [0.15, 0.2) is 91.0 Å². The molecule has 1 fully saturated rings. The second kappa shape index (κ2) is 14.6. The number of esters is 1. The van der Waals surface area contributed by atoms with Gasteiger partial charge in [-0.15, -0.1) is 0 Å². The molecule has 210 valence electrons. The Bertz CT molecular complexity index is 1230. The molecule has 3 aromatic rings. The molecule has 0 saturated heterocycles. The Morgan fingerprint density at radius 3 is 2.08 bits per heavy atom. The highest BCUT2D eigenvalue weighted by atomic mass is 16.5. The van der Waals surface area contributed by atoms with Gasteiger partial charge in [-0.05, 0) is 41.9 Å². The lowest BCUT2D eigenvalue weighted by molar-refractivity contribution is -0.150. The van der Waals surface area contributed by atoms with Gasteiger partial charge in [-0.2, -0.15) is 0 Å². The number of benzene rings is 3. The van der Waals surface area contributed by atoms with Crippen LogP contribution in [0.2, 0.25) is 0 Å². The standard InChI is InChI=1S/C34H40N2O4/c1-24(2)18-32(34(39)40-23-26-14-8-4-9-15-26)36-33(38)28(19-25-12-6-3-7-13-25)20-29(37)22-35-31-21-30(31)27-16-10-5-11-17-27/h3-17,24,28,30-32,35H,18-23H2,1-2H3,(H,36,38)/t28-,30+,31?,32+/m0/s1. The number of amides is 1. The van der Waals surface area contributed by atoms with Crippen LogP contribution in [0.25, 0.3) is 0 Å². The van der Waals surface area contributed by atoms with Crippen molar-refractivity contribution < 1.29 is 19.1 Å². The van der Waals surface area contributed by atoms with E-state index in [4.69, 9.17) is 4.74 Å². The maximum atomic E-state index is 13.5. The monoisotopic (exact) mass is 540 g/mol. The van der Waals surface area contributed by atoms with Crippen molar-refractivity contribution in [2.75, 3.05) is 6.54 Å². The molecule has 4 rings (SSSR count). The van der Waals surface area contributed by atoms with Gasteiger partial charge in [0.15, 0.2) is 0 Å². The zero-order valence-corrected chi connectivity index (χ0v) is 23.4. The van der Waals surface area contributed by atoms with Gasteiger partial charge in [-0.1, -0.05) is 105 Å². The van der Waals surface area contributed by atoms with E-state index in [0.29, 0.717) is 18.8 Å². The summed E-state index contributed by atoms with van der Waals surface area (Å²) in [6.07, 6.45) is 1.98. The normalized spacial score (nSPS) is 17.6. The van der Waals surface area contributed by atoms with E-state index in [1.807, 2.05) is 92.7 Å². The summed E-state index contributed by atoms with van der Waals surface area (Å²) in [7, 11) is 0. The van der Waals surface area contributed by atoms with E-state index in [2.05, 4.69) is 22.8 Å². The summed E-state index contributed by atoms with van der Waals surface area (Å²) in [6.45, 7) is 4.37. The fraction of sp³-hybridized carbons (Fsp3) is 0.382. The Morgan fingerprint density at radius 1 is 0.850 bits per heavy atom. The number of hydrogen-bond acceptors (Lipinski definition) is 5. The predicted molar refractivity (Wildman–Crippen MR) is 156 cm³/mol. The Hall–Kier alpha value is -3.77. The van der Waals surface area contributed by atoms with Crippen LogP contribution < -0.4 is 10.6 Å². The highest BCUT2D eigenvalue weighted by molar-refractivity contribution is 5.90. The van der Waals surface area contributed by atoms with Crippen LogP contribution in [-0.2, 0) is 32.1 Å².